The fourth-order valence-electron chi connectivity index (χ4n) is 3.82. The van der Waals surface area contributed by atoms with Gasteiger partial charge in [0.1, 0.15) is 18.5 Å². The van der Waals surface area contributed by atoms with Crippen LogP contribution in [0.4, 0.5) is 20.2 Å². The molecule has 0 spiro atoms. The molecule has 0 bridgehead atoms. The SMILES string of the molecule is CC1(C)OCC(CONC(=O)c2c(Nc3ccc(I)cc3F)c(F)c(=O)n3c2CCC3)O1. The molecular weight excluding hydrogens is 539 g/mol. The lowest BCUT2D eigenvalue weighted by atomic mass is 10.1. The van der Waals surface area contributed by atoms with Crippen LogP contribution >= 0.6 is 22.6 Å². The fraction of sp³-hybridized carbons (Fsp3) is 0.429. The van der Waals surface area contributed by atoms with E-state index < -0.39 is 28.9 Å². The third kappa shape index (κ3) is 4.65. The standard InChI is InChI=1S/C21H22F2IN3O5/c1-21(2)30-9-12(32-21)10-31-26-19(28)16-15-4-3-7-27(15)20(29)17(23)18(16)25-14-6-5-11(24)8-13(14)22/h5-6,8,12,25H,3-4,7,9-10H2,1-2H3,(H,26,28). The lowest BCUT2D eigenvalue weighted by Crippen LogP contribution is -2.34. The van der Waals surface area contributed by atoms with Crippen LogP contribution in [0, 0.1) is 15.2 Å². The highest BCUT2D eigenvalue weighted by molar-refractivity contribution is 14.1. The Hall–Kier alpha value is -2.09. The Kier molecular flexibility index (Phi) is 6.52. The first-order valence-corrected chi connectivity index (χ1v) is 11.2. The zero-order chi connectivity index (χ0) is 23.0. The van der Waals surface area contributed by atoms with E-state index in [9.17, 15) is 14.0 Å². The molecule has 1 aromatic heterocycles. The molecule has 1 amide bonds. The average molecular weight is 561 g/mol. The summed E-state index contributed by atoms with van der Waals surface area (Å²) in [7, 11) is 0. The average Bonchev–Trinajstić information content (AvgIpc) is 3.34. The van der Waals surface area contributed by atoms with Crippen molar-refractivity contribution in [3.05, 3.63) is 55.0 Å². The van der Waals surface area contributed by atoms with Gasteiger partial charge in [0.05, 0.1) is 23.5 Å². The molecule has 1 fully saturated rings. The maximum Gasteiger partial charge on any atom is 0.289 e. The molecule has 0 aliphatic carbocycles. The van der Waals surface area contributed by atoms with Crippen molar-refractivity contribution in [1.29, 1.82) is 0 Å². The van der Waals surface area contributed by atoms with Gasteiger partial charge in [-0.3, -0.25) is 14.4 Å². The van der Waals surface area contributed by atoms with Crippen LogP contribution in [-0.2, 0) is 27.3 Å². The molecule has 0 saturated carbocycles. The number of nitrogens with zero attached hydrogens (tertiary/aromatic N) is 1. The number of benzene rings is 1. The Balaban J connectivity index is 1.61. The zero-order valence-corrected chi connectivity index (χ0v) is 19.6. The predicted octanol–water partition coefficient (Wildman–Crippen LogP) is 3.23. The van der Waals surface area contributed by atoms with E-state index in [1.807, 2.05) is 22.6 Å². The number of halogens is 3. The van der Waals surface area contributed by atoms with Gasteiger partial charge in [-0.15, -0.1) is 0 Å². The first-order chi connectivity index (χ1) is 15.2. The molecule has 11 heteroatoms. The van der Waals surface area contributed by atoms with E-state index in [1.54, 1.807) is 19.9 Å². The Morgan fingerprint density at radius 3 is 2.84 bits per heavy atom. The van der Waals surface area contributed by atoms with Gasteiger partial charge in [-0.25, -0.2) is 9.87 Å². The molecule has 2 aromatic rings. The Morgan fingerprint density at radius 2 is 2.16 bits per heavy atom. The lowest BCUT2D eigenvalue weighted by molar-refractivity contribution is -0.147. The van der Waals surface area contributed by atoms with Crippen LogP contribution in [-0.4, -0.2) is 35.6 Å². The summed E-state index contributed by atoms with van der Waals surface area (Å²) >= 11 is 1.94. The molecule has 1 saturated heterocycles. The van der Waals surface area contributed by atoms with Crippen molar-refractivity contribution < 1.29 is 27.9 Å². The normalized spacial score (nSPS) is 19.1. The highest BCUT2D eigenvalue weighted by Gasteiger charge is 2.33. The summed E-state index contributed by atoms with van der Waals surface area (Å²) in [6.45, 7) is 4.14. The molecule has 2 aliphatic heterocycles. The summed E-state index contributed by atoms with van der Waals surface area (Å²) in [6, 6.07) is 4.30. The number of amides is 1. The number of hydroxylamine groups is 1. The van der Waals surface area contributed by atoms with E-state index in [2.05, 4.69) is 10.8 Å². The number of carbonyl (C=O) groups is 1. The largest absolute Gasteiger partial charge is 0.350 e. The molecule has 4 rings (SSSR count). The fourth-order valence-corrected chi connectivity index (χ4v) is 4.28. The van der Waals surface area contributed by atoms with Crippen molar-refractivity contribution in [1.82, 2.24) is 10.0 Å². The van der Waals surface area contributed by atoms with Crippen LogP contribution < -0.4 is 16.4 Å². The van der Waals surface area contributed by atoms with E-state index in [-0.39, 0.29) is 29.6 Å². The molecule has 2 aliphatic rings. The highest BCUT2D eigenvalue weighted by atomic mass is 127. The topological polar surface area (TPSA) is 90.8 Å². The Bertz CT molecular complexity index is 1120. The second kappa shape index (κ2) is 9.04. The van der Waals surface area contributed by atoms with Crippen LogP contribution in [0.3, 0.4) is 0 Å². The molecule has 0 radical (unpaired) electrons. The van der Waals surface area contributed by atoms with Crippen LogP contribution in [0.2, 0.25) is 0 Å². The van der Waals surface area contributed by atoms with Crippen molar-refractivity contribution in [2.24, 2.45) is 0 Å². The number of aromatic nitrogens is 1. The number of pyridine rings is 1. The minimum atomic E-state index is -1.16. The van der Waals surface area contributed by atoms with Gasteiger partial charge in [-0.05, 0) is 67.5 Å². The molecule has 3 heterocycles. The van der Waals surface area contributed by atoms with Gasteiger partial charge in [0.15, 0.2) is 5.79 Å². The molecule has 32 heavy (non-hydrogen) atoms. The highest BCUT2D eigenvalue weighted by Crippen LogP contribution is 2.30. The van der Waals surface area contributed by atoms with Crippen molar-refractivity contribution in [2.75, 3.05) is 18.5 Å². The minimum absolute atomic E-state index is 0.0150. The summed E-state index contributed by atoms with van der Waals surface area (Å²) in [6.07, 6.45) is 0.597. The smallest absolute Gasteiger partial charge is 0.289 e. The molecule has 8 nitrogen and oxygen atoms in total. The van der Waals surface area contributed by atoms with E-state index in [0.717, 1.165) is 0 Å². The van der Waals surface area contributed by atoms with Crippen LogP contribution in [0.5, 0.6) is 0 Å². The van der Waals surface area contributed by atoms with E-state index in [4.69, 9.17) is 14.3 Å². The number of hydrogen-bond donors (Lipinski definition) is 2. The van der Waals surface area contributed by atoms with Crippen LogP contribution in [0.25, 0.3) is 0 Å². The van der Waals surface area contributed by atoms with Gasteiger partial charge in [-0.1, -0.05) is 0 Å². The van der Waals surface area contributed by atoms with Crippen LogP contribution in [0.1, 0.15) is 36.3 Å². The van der Waals surface area contributed by atoms with Gasteiger partial charge in [0.2, 0.25) is 5.82 Å². The summed E-state index contributed by atoms with van der Waals surface area (Å²) in [4.78, 5) is 30.8. The Labute approximate surface area is 196 Å². The maximum absolute atomic E-state index is 15.1. The van der Waals surface area contributed by atoms with E-state index >= 15 is 4.39 Å². The van der Waals surface area contributed by atoms with Gasteiger partial charge in [0.25, 0.3) is 11.5 Å². The molecular formula is C21H22F2IN3O5. The second-order valence-electron chi connectivity index (χ2n) is 8.01. The third-order valence-corrected chi connectivity index (χ3v) is 5.90. The van der Waals surface area contributed by atoms with Gasteiger partial charge < -0.3 is 19.4 Å². The van der Waals surface area contributed by atoms with Crippen molar-refractivity contribution in [3.8, 4) is 0 Å². The number of rotatable bonds is 6. The molecule has 1 atom stereocenters. The minimum Gasteiger partial charge on any atom is -0.350 e. The third-order valence-electron chi connectivity index (χ3n) is 5.23. The molecule has 172 valence electrons. The zero-order valence-electron chi connectivity index (χ0n) is 17.5. The monoisotopic (exact) mass is 561 g/mol. The summed E-state index contributed by atoms with van der Waals surface area (Å²) in [5, 5.41) is 2.60. The summed E-state index contributed by atoms with van der Waals surface area (Å²) in [5.74, 6) is -3.29. The first-order valence-electron chi connectivity index (χ1n) is 10.1. The van der Waals surface area contributed by atoms with Gasteiger partial charge in [0, 0.05) is 15.8 Å². The molecule has 1 unspecified atom stereocenters. The Morgan fingerprint density at radius 1 is 1.38 bits per heavy atom. The summed E-state index contributed by atoms with van der Waals surface area (Å²) in [5.41, 5.74) is 1.26. The number of hydrogen-bond acceptors (Lipinski definition) is 6. The van der Waals surface area contributed by atoms with Gasteiger partial charge in [-0.2, -0.15) is 4.39 Å². The van der Waals surface area contributed by atoms with Crippen LogP contribution in [0.15, 0.2) is 23.0 Å². The van der Waals surface area contributed by atoms with Crippen molar-refractivity contribution >= 4 is 39.9 Å². The lowest BCUT2D eigenvalue weighted by Gasteiger charge is -2.19. The van der Waals surface area contributed by atoms with Gasteiger partial charge >= 0.3 is 0 Å². The van der Waals surface area contributed by atoms with E-state index in [0.29, 0.717) is 35.3 Å². The number of carbonyl (C=O) groups excluding carboxylic acids is 1. The maximum atomic E-state index is 15.1. The second-order valence-corrected chi connectivity index (χ2v) is 9.26. The number of nitrogens with one attached hydrogen (secondary N) is 2. The number of anilines is 2. The number of fused-ring (bicyclic) bond motifs is 1. The molecule has 2 N–H and O–H groups in total. The predicted molar refractivity (Wildman–Crippen MR) is 120 cm³/mol. The quantitative estimate of drug-likeness (QED) is 0.416. The number of ether oxygens (including phenoxy) is 2. The molecule has 1 aromatic carbocycles. The summed E-state index contributed by atoms with van der Waals surface area (Å²) < 4.78 is 42.4. The van der Waals surface area contributed by atoms with Crippen molar-refractivity contribution in [2.45, 2.75) is 45.1 Å². The van der Waals surface area contributed by atoms with Crippen molar-refractivity contribution in [3.63, 3.8) is 0 Å². The van der Waals surface area contributed by atoms with E-state index in [1.165, 1.54) is 16.7 Å². The first kappa shape index (κ1) is 23.1.